The number of hydrogen-bond acceptors (Lipinski definition) is 11. The van der Waals surface area contributed by atoms with E-state index in [0.29, 0.717) is 22.9 Å². The van der Waals surface area contributed by atoms with Crippen LogP contribution in [0, 0.1) is 12.3 Å². The molecule has 0 aliphatic carbocycles. The van der Waals surface area contributed by atoms with Crippen molar-refractivity contribution in [3.8, 4) is 11.3 Å². The van der Waals surface area contributed by atoms with Gasteiger partial charge in [-0.25, -0.2) is 24.9 Å². The van der Waals surface area contributed by atoms with Gasteiger partial charge in [0, 0.05) is 63.9 Å². The minimum absolute atomic E-state index is 0.00928. The number of carbonyl (C=O) groups is 1. The van der Waals surface area contributed by atoms with Crippen LogP contribution in [0.5, 0.6) is 0 Å². The van der Waals surface area contributed by atoms with E-state index in [1.165, 1.54) is 6.33 Å². The predicted molar refractivity (Wildman–Crippen MR) is 169 cm³/mol. The van der Waals surface area contributed by atoms with Crippen LogP contribution in [0.25, 0.3) is 11.3 Å². The van der Waals surface area contributed by atoms with Crippen molar-refractivity contribution in [3.63, 3.8) is 0 Å². The molecule has 0 saturated carbocycles. The molecule has 12 heteroatoms. The summed E-state index contributed by atoms with van der Waals surface area (Å²) in [5, 5.41) is 13.9. The fraction of sp³-hybridized carbons (Fsp3) is 0.452. The molecule has 5 rings (SSSR count). The summed E-state index contributed by atoms with van der Waals surface area (Å²) < 4.78 is 5.43. The molecule has 2 aliphatic heterocycles. The van der Waals surface area contributed by atoms with E-state index in [9.17, 15) is 4.79 Å². The fourth-order valence-electron chi connectivity index (χ4n) is 5.30. The van der Waals surface area contributed by atoms with Crippen molar-refractivity contribution < 1.29 is 9.53 Å². The summed E-state index contributed by atoms with van der Waals surface area (Å²) in [4.78, 5) is 33.4. The number of nitrogens with zero attached hydrogens (tertiary/aromatic N) is 7. The first-order valence-electron chi connectivity index (χ1n) is 14.6. The van der Waals surface area contributed by atoms with E-state index < -0.39 is 0 Å². The van der Waals surface area contributed by atoms with Crippen LogP contribution in [0.3, 0.4) is 0 Å². The van der Waals surface area contributed by atoms with E-state index in [2.05, 4.69) is 66.6 Å². The smallest absolute Gasteiger partial charge is 0.273 e. The Hall–Kier alpha value is -4.13. The molecule has 1 amide bonds. The second-order valence-corrected chi connectivity index (χ2v) is 12.0. The zero-order valence-electron chi connectivity index (χ0n) is 25.9. The van der Waals surface area contributed by atoms with Gasteiger partial charge in [0.2, 0.25) is 0 Å². The zero-order chi connectivity index (χ0) is 30.6. The molecular weight excluding hydrogens is 544 g/mol. The molecule has 2 aliphatic rings. The van der Waals surface area contributed by atoms with Gasteiger partial charge in [-0.3, -0.25) is 9.69 Å². The molecule has 1 fully saturated rings. The second-order valence-electron chi connectivity index (χ2n) is 12.0. The Labute approximate surface area is 253 Å². The number of ether oxygens (including phenoxy) is 1. The van der Waals surface area contributed by atoms with Gasteiger partial charge >= 0.3 is 0 Å². The molecule has 4 heterocycles. The first-order valence-corrected chi connectivity index (χ1v) is 14.6. The van der Waals surface area contributed by atoms with Gasteiger partial charge in [-0.1, -0.05) is 26.8 Å². The first-order chi connectivity index (χ1) is 20.6. The van der Waals surface area contributed by atoms with E-state index in [1.807, 2.05) is 56.4 Å². The molecule has 0 spiro atoms. The Balaban J connectivity index is 1.29. The Morgan fingerprint density at radius 1 is 1.07 bits per heavy atom. The van der Waals surface area contributed by atoms with Gasteiger partial charge in [0.25, 0.3) is 5.91 Å². The summed E-state index contributed by atoms with van der Waals surface area (Å²) in [6.07, 6.45) is 6.81. The lowest BCUT2D eigenvalue weighted by Crippen LogP contribution is -2.43. The minimum Gasteiger partial charge on any atom is -0.379 e. The summed E-state index contributed by atoms with van der Waals surface area (Å²) in [7, 11) is 3.91. The quantitative estimate of drug-likeness (QED) is 0.340. The maximum atomic E-state index is 13.3. The van der Waals surface area contributed by atoms with E-state index >= 15 is 0 Å². The standard InChI is InChI=1S/C31H42N10O2/c1-21-7-8-22(37-30(42)26-17-27(31(2,3)4)40(6)39(26)5)15-24(21)38-29-23(18-32-19-36-29)25-16-28(35-20-34-25)33-9-10-41-11-13-43-14-12-41/h7-8,15-20,27H,9-14H2,1-6H3,(H,37,42)(H,32,36,38)(H,33,34,35). The Kier molecular flexibility index (Phi) is 9.19. The van der Waals surface area contributed by atoms with Crippen molar-refractivity contribution in [1.82, 2.24) is 34.9 Å². The highest BCUT2D eigenvalue weighted by Gasteiger charge is 2.37. The predicted octanol–water partition coefficient (Wildman–Crippen LogP) is 3.76. The monoisotopic (exact) mass is 586 g/mol. The molecular formula is C31H42N10O2. The van der Waals surface area contributed by atoms with Gasteiger partial charge in [-0.05, 0) is 36.1 Å². The van der Waals surface area contributed by atoms with Crippen molar-refractivity contribution in [2.24, 2.45) is 5.41 Å². The van der Waals surface area contributed by atoms with Crippen LogP contribution in [0.1, 0.15) is 26.3 Å². The number of anilines is 4. The lowest BCUT2D eigenvalue weighted by molar-refractivity contribution is -0.115. The number of aromatic nitrogens is 4. The number of rotatable bonds is 9. The van der Waals surface area contributed by atoms with Gasteiger partial charge in [-0.2, -0.15) is 0 Å². The number of hydrazine groups is 1. The summed E-state index contributed by atoms with van der Waals surface area (Å²) in [5.74, 6) is 1.18. The van der Waals surface area contributed by atoms with Crippen LogP contribution in [0.15, 0.2) is 54.9 Å². The number of morpholine rings is 1. The van der Waals surface area contributed by atoms with Crippen molar-refractivity contribution in [3.05, 3.63) is 60.5 Å². The number of carbonyl (C=O) groups excluding carboxylic acids is 1. The van der Waals surface area contributed by atoms with Gasteiger partial charge in [0.15, 0.2) is 0 Å². The molecule has 2 aromatic heterocycles. The number of likely N-dealkylation sites (N-methyl/N-ethyl adjacent to an activating group) is 2. The average Bonchev–Trinajstić information content (AvgIpc) is 3.30. The lowest BCUT2D eigenvalue weighted by Gasteiger charge is -2.35. The molecule has 0 radical (unpaired) electrons. The van der Waals surface area contributed by atoms with Crippen LogP contribution in [-0.2, 0) is 9.53 Å². The third kappa shape index (κ3) is 7.27. The number of nitrogens with one attached hydrogen (secondary N) is 3. The van der Waals surface area contributed by atoms with Gasteiger partial charge < -0.3 is 25.7 Å². The number of hydrogen-bond donors (Lipinski definition) is 3. The zero-order valence-corrected chi connectivity index (χ0v) is 25.9. The molecule has 0 bridgehead atoms. The third-order valence-corrected chi connectivity index (χ3v) is 7.90. The largest absolute Gasteiger partial charge is 0.379 e. The maximum Gasteiger partial charge on any atom is 0.273 e. The first kappa shape index (κ1) is 30.3. The van der Waals surface area contributed by atoms with E-state index in [4.69, 9.17) is 4.74 Å². The highest BCUT2D eigenvalue weighted by atomic mass is 16.5. The van der Waals surface area contributed by atoms with E-state index in [-0.39, 0.29) is 17.4 Å². The molecule has 1 atom stereocenters. The number of benzene rings is 1. The van der Waals surface area contributed by atoms with Crippen LogP contribution in [0.4, 0.5) is 23.0 Å². The minimum atomic E-state index is -0.159. The summed E-state index contributed by atoms with van der Waals surface area (Å²) in [5.41, 5.74) is 4.54. The van der Waals surface area contributed by atoms with Gasteiger partial charge in [0.05, 0.1) is 30.5 Å². The normalized spacial score (nSPS) is 18.0. The van der Waals surface area contributed by atoms with Crippen LogP contribution in [-0.4, -0.2) is 100 Å². The molecule has 1 aromatic carbocycles. The van der Waals surface area contributed by atoms with Crippen LogP contribution >= 0.6 is 0 Å². The Bertz CT molecular complexity index is 1460. The molecule has 1 unspecified atom stereocenters. The summed E-state index contributed by atoms with van der Waals surface area (Å²) >= 11 is 0. The van der Waals surface area contributed by atoms with Gasteiger partial charge in [-0.15, -0.1) is 0 Å². The topological polar surface area (TPSA) is 124 Å². The lowest BCUT2D eigenvalue weighted by atomic mass is 9.86. The summed E-state index contributed by atoms with van der Waals surface area (Å²) in [6, 6.07) is 7.81. The molecule has 12 nitrogen and oxygen atoms in total. The summed E-state index contributed by atoms with van der Waals surface area (Å²) in [6.45, 7) is 13.7. The molecule has 43 heavy (non-hydrogen) atoms. The Morgan fingerprint density at radius 3 is 2.60 bits per heavy atom. The number of aryl methyl sites for hydroxylation is 1. The van der Waals surface area contributed by atoms with Crippen LogP contribution < -0.4 is 16.0 Å². The molecule has 228 valence electrons. The van der Waals surface area contributed by atoms with E-state index in [0.717, 1.165) is 62.0 Å². The van der Waals surface area contributed by atoms with Crippen molar-refractivity contribution in [2.75, 3.05) is 69.4 Å². The highest BCUT2D eigenvalue weighted by molar-refractivity contribution is 6.04. The third-order valence-electron chi connectivity index (χ3n) is 7.90. The van der Waals surface area contributed by atoms with Gasteiger partial charge in [0.1, 0.15) is 30.0 Å². The Morgan fingerprint density at radius 2 is 1.86 bits per heavy atom. The van der Waals surface area contributed by atoms with Crippen molar-refractivity contribution in [1.29, 1.82) is 0 Å². The maximum absolute atomic E-state index is 13.3. The highest BCUT2D eigenvalue weighted by Crippen LogP contribution is 2.33. The number of amides is 1. The average molecular weight is 587 g/mol. The molecule has 1 saturated heterocycles. The van der Waals surface area contributed by atoms with E-state index in [1.54, 1.807) is 12.5 Å². The SMILES string of the molecule is Cc1ccc(NC(=O)C2=CC(C(C)(C)C)N(C)N2C)cc1Nc1ncncc1-c1cc(NCCN2CCOCC2)ncn1. The van der Waals surface area contributed by atoms with Crippen LogP contribution in [0.2, 0.25) is 0 Å². The second kappa shape index (κ2) is 13.0. The van der Waals surface area contributed by atoms with Crippen molar-refractivity contribution >= 4 is 28.9 Å². The molecule has 3 N–H and O–H groups in total. The van der Waals surface area contributed by atoms with Crippen molar-refractivity contribution in [2.45, 2.75) is 33.7 Å². The fourth-order valence-corrected chi connectivity index (χ4v) is 5.30. The molecule has 3 aromatic rings.